The van der Waals surface area contributed by atoms with Crippen molar-refractivity contribution in [1.29, 1.82) is 0 Å². The molecule has 0 fully saturated rings. The van der Waals surface area contributed by atoms with E-state index >= 15 is 0 Å². The lowest BCUT2D eigenvalue weighted by Gasteiger charge is -2.31. The molecule has 5 heteroatoms. The summed E-state index contributed by atoms with van der Waals surface area (Å²) in [5, 5.41) is 20.4. The van der Waals surface area contributed by atoms with Crippen LogP contribution in [0.15, 0.2) is 60.7 Å². The first-order valence-electron chi connectivity index (χ1n) is 14.3. The molecule has 0 aliphatic heterocycles. The van der Waals surface area contributed by atoms with Gasteiger partial charge in [-0.2, -0.15) is 0 Å². The molecule has 2 aliphatic rings. The van der Waals surface area contributed by atoms with Gasteiger partial charge in [0.25, 0.3) is 0 Å². The van der Waals surface area contributed by atoms with E-state index in [0.29, 0.717) is 17.2 Å². The zero-order valence-electron chi connectivity index (χ0n) is 25.0. The topological polar surface area (TPSA) is 84.9 Å². The lowest BCUT2D eigenvalue weighted by atomic mass is 9.72. The number of rotatable bonds is 4. The smallest absolute Gasteiger partial charge is 0.142 e. The maximum absolute atomic E-state index is 10.2. The largest absolute Gasteiger partial charge is 0.508 e. The molecule has 2 aliphatic carbocycles. The zero-order chi connectivity index (χ0) is 29.5. The highest BCUT2D eigenvalue weighted by molar-refractivity contribution is 5.64. The molecule has 0 bridgehead atoms. The Kier molecular flexibility index (Phi) is 5.90. The van der Waals surface area contributed by atoms with Gasteiger partial charge in [-0.05, 0) is 114 Å². The van der Waals surface area contributed by atoms with Crippen LogP contribution in [0.3, 0.4) is 0 Å². The molecule has 4 N–H and O–H groups in total. The molecule has 5 nitrogen and oxygen atoms in total. The summed E-state index contributed by atoms with van der Waals surface area (Å²) in [5.41, 5.74) is 14.1. The highest BCUT2D eigenvalue weighted by atomic mass is 16.5. The third-order valence-electron chi connectivity index (χ3n) is 9.25. The maximum Gasteiger partial charge on any atom is 0.142 e. The Labute approximate surface area is 242 Å². The van der Waals surface area contributed by atoms with Crippen LogP contribution < -0.4 is 15.2 Å². The second kappa shape index (κ2) is 8.94. The van der Waals surface area contributed by atoms with Gasteiger partial charge in [0.2, 0.25) is 0 Å². The quantitative estimate of drug-likeness (QED) is 0.175. The van der Waals surface area contributed by atoms with Crippen LogP contribution in [0.1, 0.15) is 79.5 Å². The Morgan fingerprint density at radius 1 is 0.585 bits per heavy atom. The van der Waals surface area contributed by atoms with Crippen LogP contribution in [-0.2, 0) is 16.2 Å². The summed E-state index contributed by atoms with van der Waals surface area (Å²) in [6.07, 6.45) is 1.98. The normalized spacial score (nSPS) is 19.7. The van der Waals surface area contributed by atoms with Crippen molar-refractivity contribution in [3.8, 4) is 34.5 Å². The van der Waals surface area contributed by atoms with Crippen LogP contribution in [0.2, 0.25) is 0 Å². The molecule has 0 saturated heterocycles. The van der Waals surface area contributed by atoms with Gasteiger partial charge in [-0.3, -0.25) is 0 Å². The number of aromatic hydroxyl groups is 2. The molecule has 0 saturated carbocycles. The average molecular weight is 550 g/mol. The summed E-state index contributed by atoms with van der Waals surface area (Å²) in [5.74, 6) is 3.02. The van der Waals surface area contributed by atoms with E-state index in [1.54, 1.807) is 24.3 Å². The minimum Gasteiger partial charge on any atom is -0.508 e. The number of phenolic OH excluding ortho intramolecular Hbond substituents is 2. The zero-order valence-corrected chi connectivity index (χ0v) is 25.0. The van der Waals surface area contributed by atoms with Gasteiger partial charge < -0.3 is 25.4 Å². The van der Waals surface area contributed by atoms with Gasteiger partial charge in [-0.1, -0.05) is 45.9 Å². The van der Waals surface area contributed by atoms with Gasteiger partial charge in [0.05, 0.1) is 5.69 Å². The van der Waals surface area contributed by atoms with E-state index in [0.717, 1.165) is 41.0 Å². The third-order valence-corrected chi connectivity index (χ3v) is 9.25. The highest BCUT2D eigenvalue weighted by Crippen LogP contribution is 2.64. The Hall–Kier alpha value is -4.12. The standard InChI is InChI=1S/C36H39NO4/c1-20-8-9-23(14-30(20)38)40-32-16-26-27(13-22(32)3)36(19-35(26,6)7)18-34(4,5)25-12-21(2)33(17-28(25)36)41-24-10-11-29(37)31(39)15-24/h8-17,38-39H,18-19,37H2,1-7H3. The van der Waals surface area contributed by atoms with Crippen molar-refractivity contribution in [2.24, 2.45) is 0 Å². The predicted molar refractivity (Wildman–Crippen MR) is 164 cm³/mol. The summed E-state index contributed by atoms with van der Waals surface area (Å²) in [6, 6.07) is 19.5. The molecule has 4 aromatic carbocycles. The number of benzene rings is 4. The fourth-order valence-electron chi connectivity index (χ4n) is 7.29. The van der Waals surface area contributed by atoms with E-state index in [9.17, 15) is 10.2 Å². The number of fused-ring (bicyclic) bond motifs is 4. The maximum atomic E-state index is 10.2. The van der Waals surface area contributed by atoms with Crippen molar-refractivity contribution in [2.75, 3.05) is 5.73 Å². The molecule has 0 heterocycles. The Bertz CT molecular complexity index is 1720. The minimum atomic E-state index is -0.169. The van der Waals surface area contributed by atoms with Crippen molar-refractivity contribution >= 4 is 5.69 Å². The number of hydrogen-bond donors (Lipinski definition) is 3. The number of nitrogen functional groups attached to an aromatic ring is 1. The minimum absolute atomic E-state index is 0.0136. The molecule has 1 atom stereocenters. The predicted octanol–water partition coefficient (Wildman–Crippen LogP) is 8.84. The van der Waals surface area contributed by atoms with E-state index in [4.69, 9.17) is 15.2 Å². The number of nitrogens with two attached hydrogens (primary N) is 1. The molecule has 0 aromatic heterocycles. The van der Waals surface area contributed by atoms with Crippen LogP contribution >= 0.6 is 0 Å². The van der Waals surface area contributed by atoms with Gasteiger partial charge in [-0.15, -0.1) is 0 Å². The van der Waals surface area contributed by atoms with Crippen molar-refractivity contribution in [3.05, 3.63) is 99.6 Å². The molecular formula is C36H39NO4. The fourth-order valence-corrected chi connectivity index (χ4v) is 7.29. The van der Waals surface area contributed by atoms with Gasteiger partial charge in [0.1, 0.15) is 34.5 Å². The average Bonchev–Trinajstić information content (AvgIpc) is 3.23. The van der Waals surface area contributed by atoms with Crippen molar-refractivity contribution in [3.63, 3.8) is 0 Å². The lowest BCUT2D eigenvalue weighted by Crippen LogP contribution is -2.27. The second-order valence-corrected chi connectivity index (χ2v) is 13.4. The van der Waals surface area contributed by atoms with Crippen LogP contribution in [0.5, 0.6) is 34.5 Å². The Morgan fingerprint density at radius 3 is 1.61 bits per heavy atom. The summed E-state index contributed by atoms with van der Waals surface area (Å²) in [4.78, 5) is 0. The summed E-state index contributed by atoms with van der Waals surface area (Å²) in [6.45, 7) is 15.4. The van der Waals surface area contributed by atoms with Gasteiger partial charge in [0.15, 0.2) is 0 Å². The number of phenols is 2. The SMILES string of the molecule is Cc1ccc(Oc2cc3c(cc2C)C2(CC3(C)C)CC(C)(C)c3cc(C)c(Oc4ccc(N)c(O)c4)cc32)cc1O. The first-order chi connectivity index (χ1) is 19.2. The molecular weight excluding hydrogens is 510 g/mol. The van der Waals surface area contributed by atoms with Gasteiger partial charge in [0, 0.05) is 17.5 Å². The van der Waals surface area contributed by atoms with E-state index in [1.807, 2.05) is 19.1 Å². The lowest BCUT2D eigenvalue weighted by molar-refractivity contribution is 0.349. The second-order valence-electron chi connectivity index (χ2n) is 13.4. The highest BCUT2D eigenvalue weighted by Gasteiger charge is 2.56. The Morgan fingerprint density at radius 2 is 1.05 bits per heavy atom. The molecule has 6 rings (SSSR count). The van der Waals surface area contributed by atoms with E-state index < -0.39 is 0 Å². The van der Waals surface area contributed by atoms with Gasteiger partial charge >= 0.3 is 0 Å². The third kappa shape index (κ3) is 4.30. The van der Waals surface area contributed by atoms with Crippen molar-refractivity contribution in [1.82, 2.24) is 0 Å². The van der Waals surface area contributed by atoms with E-state index in [2.05, 4.69) is 65.8 Å². The number of anilines is 1. The van der Waals surface area contributed by atoms with Crippen LogP contribution in [0.25, 0.3) is 0 Å². The summed E-state index contributed by atoms with van der Waals surface area (Å²) >= 11 is 0. The number of aryl methyl sites for hydroxylation is 3. The molecule has 4 aromatic rings. The first kappa shape index (κ1) is 27.1. The van der Waals surface area contributed by atoms with Crippen molar-refractivity contribution in [2.45, 2.75) is 77.6 Å². The van der Waals surface area contributed by atoms with Crippen LogP contribution in [-0.4, -0.2) is 10.2 Å². The first-order valence-corrected chi connectivity index (χ1v) is 14.3. The fraction of sp³-hybridized carbons (Fsp3) is 0.333. The van der Waals surface area contributed by atoms with Crippen LogP contribution in [0, 0.1) is 20.8 Å². The summed E-state index contributed by atoms with van der Waals surface area (Å²) < 4.78 is 12.7. The molecule has 41 heavy (non-hydrogen) atoms. The van der Waals surface area contributed by atoms with Crippen LogP contribution in [0.4, 0.5) is 5.69 Å². The Balaban J connectivity index is 1.47. The van der Waals surface area contributed by atoms with E-state index in [1.165, 1.54) is 22.3 Å². The molecule has 1 spiro atoms. The number of hydrogen-bond acceptors (Lipinski definition) is 5. The van der Waals surface area contributed by atoms with Crippen molar-refractivity contribution < 1.29 is 19.7 Å². The summed E-state index contributed by atoms with van der Waals surface area (Å²) in [7, 11) is 0. The number of ether oxygens (including phenoxy) is 2. The monoisotopic (exact) mass is 549 g/mol. The van der Waals surface area contributed by atoms with E-state index in [-0.39, 0.29) is 27.7 Å². The molecule has 1 unspecified atom stereocenters. The van der Waals surface area contributed by atoms with Gasteiger partial charge in [-0.25, -0.2) is 0 Å². The molecule has 0 amide bonds. The molecule has 212 valence electrons. The molecule has 0 radical (unpaired) electrons.